The molecule has 9 heteroatoms. The fourth-order valence-corrected chi connectivity index (χ4v) is 3.76. The number of rotatable bonds is 6. The van der Waals surface area contributed by atoms with Gasteiger partial charge in [-0.05, 0) is 24.6 Å². The first-order chi connectivity index (χ1) is 12.5. The van der Waals surface area contributed by atoms with Crippen LogP contribution in [0.15, 0.2) is 52.5 Å². The molecule has 0 amide bonds. The standard InChI is InChI=1S/C17H16ClN3O4S/c18-15-8-7-12(10-20-15)11-25-16(22)6-3-9-19-17-13-4-1-2-5-14(13)26(23,24)21-17/h1-2,4-5,7-8,10H,3,6,9,11H2,(H,19,21). The van der Waals surface area contributed by atoms with Crippen LogP contribution in [0.3, 0.4) is 0 Å². The van der Waals surface area contributed by atoms with Gasteiger partial charge in [0, 0.05) is 30.3 Å². The Morgan fingerprint density at radius 2 is 2.04 bits per heavy atom. The molecule has 0 saturated carbocycles. The van der Waals surface area contributed by atoms with Crippen molar-refractivity contribution in [3.8, 4) is 0 Å². The molecule has 26 heavy (non-hydrogen) atoms. The number of amidine groups is 1. The summed E-state index contributed by atoms with van der Waals surface area (Å²) in [6.45, 7) is 0.439. The Bertz CT molecular complexity index is 943. The Morgan fingerprint density at radius 3 is 2.81 bits per heavy atom. The second kappa shape index (κ2) is 7.84. The van der Waals surface area contributed by atoms with Crippen molar-refractivity contribution in [1.82, 2.24) is 9.71 Å². The van der Waals surface area contributed by atoms with Crippen molar-refractivity contribution in [2.45, 2.75) is 24.3 Å². The molecular formula is C17H16ClN3O4S. The van der Waals surface area contributed by atoms with E-state index >= 15 is 0 Å². The maximum absolute atomic E-state index is 12.0. The number of aliphatic imine (C=N–C) groups is 1. The van der Waals surface area contributed by atoms with Gasteiger partial charge in [0.15, 0.2) is 0 Å². The van der Waals surface area contributed by atoms with Crippen LogP contribution < -0.4 is 4.72 Å². The van der Waals surface area contributed by atoms with E-state index in [1.54, 1.807) is 36.5 Å². The highest BCUT2D eigenvalue weighted by Crippen LogP contribution is 2.22. The minimum Gasteiger partial charge on any atom is -0.461 e. The second-order valence-electron chi connectivity index (χ2n) is 5.59. The van der Waals surface area contributed by atoms with Gasteiger partial charge in [-0.25, -0.2) is 13.4 Å². The van der Waals surface area contributed by atoms with Crippen molar-refractivity contribution in [3.63, 3.8) is 0 Å². The van der Waals surface area contributed by atoms with Gasteiger partial charge < -0.3 is 4.74 Å². The molecular weight excluding hydrogens is 378 g/mol. The van der Waals surface area contributed by atoms with Crippen LogP contribution in [0.2, 0.25) is 5.15 Å². The molecule has 1 aromatic carbocycles. The molecule has 0 saturated heterocycles. The molecule has 0 atom stereocenters. The highest BCUT2D eigenvalue weighted by molar-refractivity contribution is 7.90. The van der Waals surface area contributed by atoms with Crippen molar-refractivity contribution in [3.05, 3.63) is 58.9 Å². The van der Waals surface area contributed by atoms with Gasteiger partial charge in [0.1, 0.15) is 17.6 Å². The van der Waals surface area contributed by atoms with E-state index in [2.05, 4.69) is 14.7 Å². The molecule has 7 nitrogen and oxygen atoms in total. The van der Waals surface area contributed by atoms with E-state index in [0.29, 0.717) is 29.5 Å². The molecule has 1 aliphatic heterocycles. The molecule has 0 unspecified atom stereocenters. The van der Waals surface area contributed by atoms with Crippen molar-refractivity contribution in [2.24, 2.45) is 4.99 Å². The first kappa shape index (κ1) is 18.3. The van der Waals surface area contributed by atoms with Gasteiger partial charge in [-0.1, -0.05) is 29.8 Å². The third-order valence-electron chi connectivity index (χ3n) is 3.66. The van der Waals surface area contributed by atoms with E-state index in [1.165, 1.54) is 6.07 Å². The van der Waals surface area contributed by atoms with Crippen LogP contribution in [0, 0.1) is 0 Å². The lowest BCUT2D eigenvalue weighted by molar-refractivity contribution is -0.145. The van der Waals surface area contributed by atoms with E-state index in [0.717, 1.165) is 5.56 Å². The van der Waals surface area contributed by atoms with Gasteiger partial charge in [-0.3, -0.25) is 14.5 Å². The van der Waals surface area contributed by atoms with Crippen molar-refractivity contribution >= 4 is 33.4 Å². The zero-order chi connectivity index (χ0) is 18.6. The van der Waals surface area contributed by atoms with Crippen LogP contribution in [0.4, 0.5) is 0 Å². The number of hydrogen-bond acceptors (Lipinski definition) is 6. The third kappa shape index (κ3) is 4.39. The van der Waals surface area contributed by atoms with Gasteiger partial charge in [0.25, 0.3) is 10.0 Å². The summed E-state index contributed by atoms with van der Waals surface area (Å²) in [6.07, 6.45) is 2.18. The second-order valence-corrected chi connectivity index (χ2v) is 7.62. The molecule has 2 heterocycles. The maximum Gasteiger partial charge on any atom is 0.306 e. The number of carbonyl (C=O) groups excluding carboxylic acids is 1. The molecule has 0 fully saturated rings. The van der Waals surface area contributed by atoms with E-state index in [4.69, 9.17) is 16.3 Å². The number of hydrogen-bond donors (Lipinski definition) is 1. The van der Waals surface area contributed by atoms with E-state index in [9.17, 15) is 13.2 Å². The molecule has 2 aromatic rings. The van der Waals surface area contributed by atoms with Crippen molar-refractivity contribution in [1.29, 1.82) is 0 Å². The lowest BCUT2D eigenvalue weighted by atomic mass is 10.2. The van der Waals surface area contributed by atoms with Crippen LogP contribution >= 0.6 is 11.6 Å². The highest BCUT2D eigenvalue weighted by Gasteiger charge is 2.29. The number of carbonyl (C=O) groups is 1. The van der Waals surface area contributed by atoms with Crippen LogP contribution in [0.5, 0.6) is 0 Å². The first-order valence-electron chi connectivity index (χ1n) is 7.88. The summed E-state index contributed by atoms with van der Waals surface area (Å²) in [6, 6.07) is 10.00. The molecule has 1 aliphatic rings. The number of benzene rings is 1. The monoisotopic (exact) mass is 393 g/mol. The molecule has 1 aromatic heterocycles. The fraction of sp³-hybridized carbons (Fsp3) is 0.235. The lowest BCUT2D eigenvalue weighted by Crippen LogP contribution is -2.22. The summed E-state index contributed by atoms with van der Waals surface area (Å²) in [7, 11) is -3.54. The van der Waals surface area contributed by atoms with E-state index in [1.807, 2.05) is 0 Å². The Labute approximate surface area is 156 Å². The van der Waals surface area contributed by atoms with E-state index < -0.39 is 10.0 Å². The number of aromatic nitrogens is 1. The van der Waals surface area contributed by atoms with Crippen LogP contribution in [-0.2, 0) is 26.2 Å². The smallest absolute Gasteiger partial charge is 0.306 e. The van der Waals surface area contributed by atoms with Crippen molar-refractivity contribution < 1.29 is 17.9 Å². The fourth-order valence-electron chi connectivity index (χ4n) is 2.39. The molecule has 0 spiro atoms. The number of ether oxygens (including phenoxy) is 1. The Hall–Kier alpha value is -2.45. The predicted octanol–water partition coefficient (Wildman–Crippen LogP) is 2.30. The predicted molar refractivity (Wildman–Crippen MR) is 96.4 cm³/mol. The molecule has 1 N–H and O–H groups in total. The minimum absolute atomic E-state index is 0.130. The van der Waals surface area contributed by atoms with Gasteiger partial charge in [-0.15, -0.1) is 0 Å². The summed E-state index contributed by atoms with van der Waals surface area (Å²) in [5.41, 5.74) is 1.30. The average molecular weight is 394 g/mol. The van der Waals surface area contributed by atoms with Crippen molar-refractivity contribution in [2.75, 3.05) is 6.54 Å². The van der Waals surface area contributed by atoms with Crippen LogP contribution in [-0.4, -0.2) is 31.8 Å². The zero-order valence-corrected chi connectivity index (χ0v) is 15.3. The topological polar surface area (TPSA) is 97.7 Å². The third-order valence-corrected chi connectivity index (χ3v) is 5.28. The number of nitrogens with one attached hydrogen (secondary N) is 1. The Kier molecular flexibility index (Phi) is 5.53. The first-order valence-corrected chi connectivity index (χ1v) is 9.74. The van der Waals surface area contributed by atoms with E-state index in [-0.39, 0.29) is 23.9 Å². The average Bonchev–Trinajstić information content (AvgIpc) is 2.89. The number of halogens is 1. The summed E-state index contributed by atoms with van der Waals surface area (Å²) in [5.74, 6) is -0.0474. The number of esters is 1. The molecule has 136 valence electrons. The van der Waals surface area contributed by atoms with Crippen LogP contribution in [0.25, 0.3) is 0 Å². The zero-order valence-electron chi connectivity index (χ0n) is 13.7. The summed E-state index contributed by atoms with van der Waals surface area (Å²) >= 11 is 5.69. The Morgan fingerprint density at radius 1 is 1.23 bits per heavy atom. The summed E-state index contributed by atoms with van der Waals surface area (Å²) < 4.78 is 31.5. The maximum atomic E-state index is 12.0. The molecule has 3 rings (SSSR count). The SMILES string of the molecule is O=C(CCCN=C1NS(=O)(=O)c2ccccc21)OCc1ccc(Cl)nc1. The number of sulfonamides is 1. The highest BCUT2D eigenvalue weighted by atomic mass is 35.5. The van der Waals surface area contributed by atoms with Crippen LogP contribution in [0.1, 0.15) is 24.0 Å². The normalized spacial score (nSPS) is 16.1. The minimum atomic E-state index is -3.54. The summed E-state index contributed by atoms with van der Waals surface area (Å²) in [5, 5.41) is 0.378. The largest absolute Gasteiger partial charge is 0.461 e. The molecule has 0 aliphatic carbocycles. The molecule has 0 bridgehead atoms. The van der Waals surface area contributed by atoms with Gasteiger partial charge in [0.2, 0.25) is 0 Å². The van der Waals surface area contributed by atoms with Gasteiger partial charge in [0.05, 0.1) is 4.90 Å². The number of nitrogens with zero attached hydrogens (tertiary/aromatic N) is 2. The summed E-state index contributed by atoms with van der Waals surface area (Å²) in [4.78, 5) is 20.1. The van der Waals surface area contributed by atoms with Gasteiger partial charge >= 0.3 is 5.97 Å². The van der Waals surface area contributed by atoms with Gasteiger partial charge in [-0.2, -0.15) is 0 Å². The quantitative estimate of drug-likeness (QED) is 0.461. The lowest BCUT2D eigenvalue weighted by Gasteiger charge is -2.04. The number of fused-ring (bicyclic) bond motifs is 1. The molecule has 0 radical (unpaired) electrons. The number of pyridine rings is 1. The Balaban J connectivity index is 1.47.